The number of benzene rings is 1. The summed E-state index contributed by atoms with van der Waals surface area (Å²) in [5.41, 5.74) is 0.422. The van der Waals surface area contributed by atoms with Crippen LogP contribution in [0, 0.1) is 0 Å². The Morgan fingerprint density at radius 2 is 1.88 bits per heavy atom. The van der Waals surface area contributed by atoms with Crippen molar-refractivity contribution in [1.82, 2.24) is 4.98 Å². The van der Waals surface area contributed by atoms with Crippen molar-refractivity contribution in [2.24, 2.45) is 0 Å². The molecule has 16 heavy (non-hydrogen) atoms. The van der Waals surface area contributed by atoms with Crippen LogP contribution in [0.5, 0.6) is 0 Å². The van der Waals surface area contributed by atoms with Crippen molar-refractivity contribution < 1.29 is 13.2 Å². The molecule has 0 spiro atoms. The molecule has 0 aliphatic rings. The summed E-state index contributed by atoms with van der Waals surface area (Å²) in [5, 5.41) is 0.958. The van der Waals surface area contributed by atoms with E-state index in [4.69, 9.17) is 11.6 Å². The summed E-state index contributed by atoms with van der Waals surface area (Å²) in [6.07, 6.45) is -5.32. The molecule has 0 N–H and O–H groups in total. The van der Waals surface area contributed by atoms with Gasteiger partial charge < -0.3 is 0 Å². The Balaban J connectivity index is 2.50. The Labute approximate surface area is 94.9 Å². The maximum atomic E-state index is 12.2. The van der Waals surface area contributed by atoms with Gasteiger partial charge in [-0.05, 0) is 12.1 Å². The lowest BCUT2D eigenvalue weighted by atomic mass is 10.2. The van der Waals surface area contributed by atoms with Gasteiger partial charge in [0.05, 0.1) is 22.7 Å². The molecule has 0 atom stereocenters. The third-order valence-corrected chi connectivity index (χ3v) is 2.41. The predicted octanol–water partition coefficient (Wildman–Crippen LogP) is 3.99. The van der Waals surface area contributed by atoms with Crippen LogP contribution >= 0.6 is 11.6 Å². The van der Waals surface area contributed by atoms with Gasteiger partial charge in [0.2, 0.25) is 0 Å². The number of alkyl halides is 3. The number of fused-ring (bicyclic) bond motifs is 1. The second kappa shape index (κ2) is 3.94. The van der Waals surface area contributed by atoms with Gasteiger partial charge in [0.25, 0.3) is 0 Å². The molecular formula is C11H7ClF3N. The molecule has 1 nitrogen and oxygen atoms in total. The van der Waals surface area contributed by atoms with E-state index in [9.17, 15) is 13.2 Å². The van der Waals surface area contributed by atoms with E-state index < -0.39 is 12.6 Å². The van der Waals surface area contributed by atoms with Crippen molar-refractivity contribution in [2.75, 3.05) is 0 Å². The van der Waals surface area contributed by atoms with Crippen LogP contribution in [-0.2, 0) is 6.42 Å². The van der Waals surface area contributed by atoms with Crippen LogP contribution in [0.25, 0.3) is 10.9 Å². The minimum absolute atomic E-state index is 0.0591. The predicted molar refractivity (Wildman–Crippen MR) is 56.5 cm³/mol. The van der Waals surface area contributed by atoms with E-state index in [1.165, 1.54) is 6.07 Å². The van der Waals surface area contributed by atoms with Crippen LogP contribution in [0.1, 0.15) is 5.69 Å². The molecule has 2 aromatic rings. The average Bonchev–Trinajstić information content (AvgIpc) is 2.15. The van der Waals surface area contributed by atoms with Gasteiger partial charge in [-0.3, -0.25) is 4.98 Å². The molecule has 0 fully saturated rings. The first kappa shape index (κ1) is 11.2. The number of aromatic nitrogens is 1. The van der Waals surface area contributed by atoms with Crippen molar-refractivity contribution in [3.05, 3.63) is 41.0 Å². The van der Waals surface area contributed by atoms with Gasteiger partial charge in [-0.25, -0.2) is 0 Å². The van der Waals surface area contributed by atoms with E-state index in [1.807, 2.05) is 0 Å². The van der Waals surface area contributed by atoms with Gasteiger partial charge in [-0.1, -0.05) is 29.8 Å². The molecule has 0 unspecified atom stereocenters. The highest BCUT2D eigenvalue weighted by Gasteiger charge is 2.28. The average molecular weight is 246 g/mol. The Kier molecular flexibility index (Phi) is 2.76. The number of para-hydroxylation sites is 1. The highest BCUT2D eigenvalue weighted by molar-refractivity contribution is 6.35. The first-order chi connectivity index (χ1) is 7.46. The van der Waals surface area contributed by atoms with E-state index in [-0.39, 0.29) is 5.69 Å². The van der Waals surface area contributed by atoms with Gasteiger partial charge in [0.1, 0.15) is 0 Å². The summed E-state index contributed by atoms with van der Waals surface area (Å²) >= 11 is 5.88. The number of rotatable bonds is 1. The Bertz CT molecular complexity index is 522. The normalized spacial score (nSPS) is 12.0. The van der Waals surface area contributed by atoms with Gasteiger partial charge >= 0.3 is 6.18 Å². The summed E-state index contributed by atoms with van der Waals surface area (Å²) in [5.74, 6) is 0. The monoisotopic (exact) mass is 245 g/mol. The van der Waals surface area contributed by atoms with Crippen molar-refractivity contribution in [2.45, 2.75) is 12.6 Å². The molecule has 0 saturated heterocycles. The fourth-order valence-corrected chi connectivity index (χ4v) is 1.77. The number of pyridine rings is 1. The molecule has 5 heteroatoms. The standard InChI is InChI=1S/C11H7ClF3N/c12-9-5-7(6-11(13,14)15)16-10-4-2-1-3-8(9)10/h1-5H,6H2. The molecule has 2 rings (SSSR count). The summed E-state index contributed by atoms with van der Waals surface area (Å²) < 4.78 is 36.6. The molecule has 0 aliphatic heterocycles. The van der Waals surface area contributed by atoms with Crippen LogP contribution in [-0.4, -0.2) is 11.2 Å². The lowest BCUT2D eigenvalue weighted by Crippen LogP contribution is -2.12. The van der Waals surface area contributed by atoms with Crippen molar-refractivity contribution in [3.8, 4) is 0 Å². The third-order valence-electron chi connectivity index (χ3n) is 2.10. The maximum absolute atomic E-state index is 12.2. The second-order valence-corrected chi connectivity index (χ2v) is 3.81. The maximum Gasteiger partial charge on any atom is 0.394 e. The van der Waals surface area contributed by atoms with Gasteiger partial charge in [0, 0.05) is 5.39 Å². The summed E-state index contributed by atoms with van der Waals surface area (Å²) in [4.78, 5) is 3.92. The number of halogens is 4. The largest absolute Gasteiger partial charge is 0.394 e. The Morgan fingerprint density at radius 1 is 1.19 bits per heavy atom. The molecule has 1 aromatic heterocycles. The lowest BCUT2D eigenvalue weighted by Gasteiger charge is -2.07. The molecule has 0 radical (unpaired) electrons. The fourth-order valence-electron chi connectivity index (χ4n) is 1.48. The summed E-state index contributed by atoms with van der Waals surface area (Å²) in [6.45, 7) is 0. The van der Waals surface area contributed by atoms with E-state index in [0.29, 0.717) is 15.9 Å². The van der Waals surface area contributed by atoms with Crippen LogP contribution < -0.4 is 0 Å². The minimum Gasteiger partial charge on any atom is -0.252 e. The zero-order chi connectivity index (χ0) is 11.8. The van der Waals surface area contributed by atoms with Crippen molar-refractivity contribution in [3.63, 3.8) is 0 Å². The smallest absolute Gasteiger partial charge is 0.252 e. The summed E-state index contributed by atoms with van der Waals surface area (Å²) in [7, 11) is 0. The first-order valence-electron chi connectivity index (χ1n) is 4.56. The van der Waals surface area contributed by atoms with Crippen molar-refractivity contribution in [1.29, 1.82) is 0 Å². The van der Waals surface area contributed by atoms with Crippen LogP contribution in [0.3, 0.4) is 0 Å². The number of nitrogens with zero attached hydrogens (tertiary/aromatic N) is 1. The number of hydrogen-bond donors (Lipinski definition) is 0. The van der Waals surface area contributed by atoms with Crippen molar-refractivity contribution >= 4 is 22.5 Å². The van der Waals surface area contributed by atoms with E-state index in [1.54, 1.807) is 24.3 Å². The van der Waals surface area contributed by atoms with Gasteiger partial charge in [-0.15, -0.1) is 0 Å². The fraction of sp³-hybridized carbons (Fsp3) is 0.182. The van der Waals surface area contributed by atoms with Gasteiger partial charge in [-0.2, -0.15) is 13.2 Å². The molecule has 1 aromatic carbocycles. The summed E-state index contributed by atoms with van der Waals surface area (Å²) in [6, 6.07) is 8.10. The highest BCUT2D eigenvalue weighted by Crippen LogP contribution is 2.26. The zero-order valence-electron chi connectivity index (χ0n) is 8.05. The molecular weight excluding hydrogens is 239 g/mol. The zero-order valence-corrected chi connectivity index (χ0v) is 8.81. The second-order valence-electron chi connectivity index (χ2n) is 3.40. The number of hydrogen-bond acceptors (Lipinski definition) is 1. The Hall–Kier alpha value is -1.29. The van der Waals surface area contributed by atoms with Crippen LogP contribution in [0.2, 0.25) is 5.02 Å². The molecule has 0 bridgehead atoms. The highest BCUT2D eigenvalue weighted by atomic mass is 35.5. The molecule has 1 heterocycles. The SMILES string of the molecule is FC(F)(F)Cc1cc(Cl)c2ccccc2n1. The van der Waals surface area contributed by atoms with Crippen LogP contribution in [0.15, 0.2) is 30.3 Å². The third kappa shape index (κ3) is 2.44. The first-order valence-corrected chi connectivity index (χ1v) is 4.94. The lowest BCUT2D eigenvalue weighted by molar-refractivity contribution is -0.127. The molecule has 84 valence electrons. The van der Waals surface area contributed by atoms with E-state index in [0.717, 1.165) is 0 Å². The quantitative estimate of drug-likeness (QED) is 0.740. The minimum atomic E-state index is -4.27. The topological polar surface area (TPSA) is 12.9 Å². The molecule has 0 amide bonds. The molecule has 0 aliphatic carbocycles. The van der Waals surface area contributed by atoms with Gasteiger partial charge in [0.15, 0.2) is 0 Å². The molecule has 0 saturated carbocycles. The van der Waals surface area contributed by atoms with E-state index >= 15 is 0 Å². The van der Waals surface area contributed by atoms with Crippen LogP contribution in [0.4, 0.5) is 13.2 Å². The Morgan fingerprint density at radius 3 is 2.56 bits per heavy atom. The van der Waals surface area contributed by atoms with E-state index in [2.05, 4.69) is 4.98 Å².